The highest BCUT2D eigenvalue weighted by molar-refractivity contribution is 6.74. The van der Waals surface area contributed by atoms with Crippen molar-refractivity contribution < 1.29 is 18.8 Å². The van der Waals surface area contributed by atoms with E-state index in [1.54, 1.807) is 27.7 Å². The molecule has 0 aromatic rings. The predicted octanol–water partition coefficient (Wildman–Crippen LogP) is 4.35. The number of hydrogen-bond donors (Lipinski definition) is 2. The van der Waals surface area contributed by atoms with Crippen LogP contribution in [0.2, 0.25) is 18.1 Å². The van der Waals surface area contributed by atoms with Gasteiger partial charge in [0.2, 0.25) is 5.91 Å². The summed E-state index contributed by atoms with van der Waals surface area (Å²) < 4.78 is 11.7. The number of alkyl carbamates (subject to hydrolysis) is 1. The molecule has 27 heavy (non-hydrogen) atoms. The number of ether oxygens (including phenoxy) is 1. The minimum Gasteiger partial charge on any atom is -0.444 e. The summed E-state index contributed by atoms with van der Waals surface area (Å²) in [5, 5.41) is 5.85. The maximum atomic E-state index is 12.3. The van der Waals surface area contributed by atoms with E-state index in [9.17, 15) is 9.59 Å². The van der Waals surface area contributed by atoms with Crippen molar-refractivity contribution in [1.82, 2.24) is 10.6 Å². The van der Waals surface area contributed by atoms with Crippen LogP contribution in [0.5, 0.6) is 0 Å². The molecule has 0 heterocycles. The molecule has 0 aromatic heterocycles. The molecule has 1 atom stereocenters. The Morgan fingerprint density at radius 3 is 1.96 bits per heavy atom. The summed E-state index contributed by atoms with van der Waals surface area (Å²) in [6, 6.07) is -0.485. The first-order chi connectivity index (χ1) is 12.1. The Hall–Kier alpha value is -1.08. The van der Waals surface area contributed by atoms with Crippen LogP contribution in [-0.2, 0) is 14.0 Å². The molecule has 0 bridgehead atoms. The summed E-state index contributed by atoms with van der Waals surface area (Å²) in [6.07, 6.45) is 3.46. The molecule has 7 heteroatoms. The maximum Gasteiger partial charge on any atom is 0.408 e. The van der Waals surface area contributed by atoms with Crippen molar-refractivity contribution in [3.8, 4) is 0 Å². The zero-order chi connectivity index (χ0) is 21.0. The molecule has 1 saturated carbocycles. The molecule has 0 radical (unpaired) electrons. The summed E-state index contributed by atoms with van der Waals surface area (Å²) in [4.78, 5) is 24.1. The molecule has 0 unspecified atom stereocenters. The van der Waals surface area contributed by atoms with E-state index in [-0.39, 0.29) is 23.1 Å². The van der Waals surface area contributed by atoms with Gasteiger partial charge >= 0.3 is 6.09 Å². The van der Waals surface area contributed by atoms with Crippen LogP contribution < -0.4 is 10.6 Å². The number of hydrogen-bond acceptors (Lipinski definition) is 4. The fourth-order valence-electron chi connectivity index (χ4n) is 2.79. The van der Waals surface area contributed by atoms with E-state index in [4.69, 9.17) is 9.16 Å². The van der Waals surface area contributed by atoms with Crippen molar-refractivity contribution in [2.45, 2.75) is 116 Å². The molecule has 158 valence electrons. The lowest BCUT2D eigenvalue weighted by Crippen LogP contribution is -2.51. The first-order valence-corrected chi connectivity index (χ1v) is 13.0. The largest absolute Gasteiger partial charge is 0.444 e. The fourth-order valence-corrected chi connectivity index (χ4v) is 4.22. The summed E-state index contributed by atoms with van der Waals surface area (Å²) in [7, 11) is -1.75. The van der Waals surface area contributed by atoms with Crippen molar-refractivity contribution in [2.75, 3.05) is 0 Å². The average molecular weight is 401 g/mol. The topological polar surface area (TPSA) is 76.7 Å². The van der Waals surface area contributed by atoms with E-state index in [0.717, 1.165) is 25.7 Å². The Labute approximate surface area is 166 Å². The van der Waals surface area contributed by atoms with E-state index in [1.165, 1.54) is 0 Å². The average Bonchev–Trinajstić information content (AvgIpc) is 2.45. The lowest BCUT2D eigenvalue weighted by molar-refractivity contribution is -0.123. The normalized spacial score (nSPS) is 22.7. The molecular formula is C20H40N2O4Si. The van der Waals surface area contributed by atoms with Crippen molar-refractivity contribution in [3.05, 3.63) is 0 Å². The Balaban J connectivity index is 2.41. The third-order valence-electron chi connectivity index (χ3n) is 5.41. The first-order valence-electron chi connectivity index (χ1n) is 10.1. The van der Waals surface area contributed by atoms with Gasteiger partial charge in [0.1, 0.15) is 11.6 Å². The Morgan fingerprint density at radius 2 is 1.52 bits per heavy atom. The van der Waals surface area contributed by atoms with Crippen LogP contribution in [0.25, 0.3) is 0 Å². The molecule has 1 rings (SSSR count). The smallest absolute Gasteiger partial charge is 0.408 e. The van der Waals surface area contributed by atoms with Crippen LogP contribution in [0.3, 0.4) is 0 Å². The number of rotatable bonds is 5. The van der Waals surface area contributed by atoms with Crippen molar-refractivity contribution >= 4 is 20.3 Å². The molecule has 0 aromatic carbocycles. The fraction of sp³-hybridized carbons (Fsp3) is 0.900. The second-order valence-electron chi connectivity index (χ2n) is 10.2. The van der Waals surface area contributed by atoms with E-state index in [0.29, 0.717) is 0 Å². The Bertz CT molecular complexity index is 515. The molecule has 0 saturated heterocycles. The molecule has 2 amide bonds. The first kappa shape index (κ1) is 24.0. The van der Waals surface area contributed by atoms with Gasteiger partial charge in [-0.25, -0.2) is 4.79 Å². The van der Waals surface area contributed by atoms with E-state index < -0.39 is 26.1 Å². The molecule has 1 fully saturated rings. The second-order valence-corrected chi connectivity index (χ2v) is 15.0. The standard InChI is InChI=1S/C20H40N2O4Si/c1-14(21-18(24)25-19(2,3)4)17(23)22-15-10-12-16(13-11-15)26-27(8,9)20(5,6)7/h14-16H,10-13H2,1-9H3,(H,21,24)(H,22,23)/t14-,15?,16?/m0/s1. The van der Waals surface area contributed by atoms with Crippen LogP contribution >= 0.6 is 0 Å². The van der Waals surface area contributed by atoms with Gasteiger partial charge in [0.25, 0.3) is 0 Å². The lowest BCUT2D eigenvalue weighted by Gasteiger charge is -2.41. The van der Waals surface area contributed by atoms with Gasteiger partial charge < -0.3 is 19.8 Å². The van der Waals surface area contributed by atoms with Gasteiger partial charge in [-0.3, -0.25) is 4.79 Å². The van der Waals surface area contributed by atoms with Crippen LogP contribution in [0.1, 0.15) is 74.1 Å². The predicted molar refractivity (Wildman–Crippen MR) is 111 cm³/mol. The Kier molecular flexibility index (Phi) is 7.94. The second kappa shape index (κ2) is 8.95. The van der Waals surface area contributed by atoms with Gasteiger partial charge in [-0.15, -0.1) is 0 Å². The van der Waals surface area contributed by atoms with Gasteiger partial charge in [0, 0.05) is 12.1 Å². The molecule has 1 aliphatic carbocycles. The summed E-state index contributed by atoms with van der Waals surface area (Å²) >= 11 is 0. The highest BCUT2D eigenvalue weighted by Gasteiger charge is 2.40. The molecule has 2 N–H and O–H groups in total. The van der Waals surface area contributed by atoms with Crippen LogP contribution in [-0.4, -0.2) is 44.1 Å². The number of amides is 2. The highest BCUT2D eigenvalue weighted by Crippen LogP contribution is 2.39. The lowest BCUT2D eigenvalue weighted by atomic mass is 9.93. The van der Waals surface area contributed by atoms with Gasteiger partial charge in [-0.1, -0.05) is 20.8 Å². The Morgan fingerprint density at radius 1 is 1.00 bits per heavy atom. The quantitative estimate of drug-likeness (QED) is 0.673. The number of carbonyl (C=O) groups excluding carboxylic acids is 2. The van der Waals surface area contributed by atoms with Crippen LogP contribution in [0.4, 0.5) is 4.79 Å². The van der Waals surface area contributed by atoms with Gasteiger partial charge in [-0.05, 0) is 71.5 Å². The van der Waals surface area contributed by atoms with Gasteiger partial charge in [-0.2, -0.15) is 0 Å². The number of carbonyl (C=O) groups is 2. The monoisotopic (exact) mass is 400 g/mol. The minimum absolute atomic E-state index is 0.139. The third-order valence-corrected chi connectivity index (χ3v) is 9.95. The minimum atomic E-state index is -1.75. The van der Waals surface area contributed by atoms with Crippen molar-refractivity contribution in [2.24, 2.45) is 0 Å². The molecule has 6 nitrogen and oxygen atoms in total. The van der Waals surface area contributed by atoms with E-state index >= 15 is 0 Å². The zero-order valence-corrected chi connectivity index (χ0v) is 19.7. The zero-order valence-electron chi connectivity index (χ0n) is 18.7. The van der Waals surface area contributed by atoms with Crippen LogP contribution in [0.15, 0.2) is 0 Å². The SMILES string of the molecule is C[C@H](NC(=O)OC(C)(C)C)C(=O)NC1CCC(O[Si](C)(C)C(C)(C)C)CC1. The van der Waals surface area contributed by atoms with Gasteiger partial charge in [0.05, 0.1) is 0 Å². The maximum absolute atomic E-state index is 12.3. The van der Waals surface area contributed by atoms with Gasteiger partial charge in [0.15, 0.2) is 8.32 Å². The summed E-state index contributed by atoms with van der Waals surface area (Å²) in [5.74, 6) is -0.172. The highest BCUT2D eigenvalue weighted by atomic mass is 28.4. The molecular weight excluding hydrogens is 360 g/mol. The third kappa shape index (κ3) is 8.21. The van der Waals surface area contributed by atoms with Crippen molar-refractivity contribution in [3.63, 3.8) is 0 Å². The van der Waals surface area contributed by atoms with Crippen molar-refractivity contribution in [1.29, 1.82) is 0 Å². The van der Waals surface area contributed by atoms with Crippen LogP contribution in [0, 0.1) is 0 Å². The van der Waals surface area contributed by atoms with E-state index in [1.807, 2.05) is 0 Å². The van der Waals surface area contributed by atoms with E-state index in [2.05, 4.69) is 44.5 Å². The molecule has 1 aliphatic rings. The summed E-state index contributed by atoms with van der Waals surface area (Å²) in [5.41, 5.74) is -0.581. The molecule has 0 aliphatic heterocycles. The number of nitrogens with one attached hydrogen (secondary N) is 2. The molecule has 0 spiro atoms. The summed E-state index contributed by atoms with van der Waals surface area (Å²) in [6.45, 7) is 18.4.